The van der Waals surface area contributed by atoms with Crippen molar-refractivity contribution >= 4 is 15.9 Å². The van der Waals surface area contributed by atoms with Crippen molar-refractivity contribution in [3.63, 3.8) is 0 Å². The second-order valence-corrected chi connectivity index (χ2v) is 9.75. The van der Waals surface area contributed by atoms with Crippen LogP contribution in [0.5, 0.6) is 0 Å². The number of carbonyl (C=O) groups is 1. The number of nitrogens with one attached hydrogen (secondary N) is 1. The Morgan fingerprint density at radius 2 is 1.68 bits per heavy atom. The molecule has 9 heteroatoms. The largest absolute Gasteiger partial charge is 0.416 e. The molecule has 1 N–H and O–H groups in total. The lowest BCUT2D eigenvalue weighted by Gasteiger charge is -2.26. The van der Waals surface area contributed by atoms with Gasteiger partial charge in [0, 0.05) is 24.7 Å². The average molecular weight is 455 g/mol. The highest BCUT2D eigenvalue weighted by atomic mass is 32.2. The maximum atomic E-state index is 13.4. The molecule has 0 radical (unpaired) electrons. The van der Waals surface area contributed by atoms with E-state index in [1.54, 1.807) is 13.8 Å². The lowest BCUT2D eigenvalue weighted by molar-refractivity contribution is -0.137. The zero-order valence-corrected chi connectivity index (χ0v) is 18.4. The highest BCUT2D eigenvalue weighted by Gasteiger charge is 2.37. The number of hydrogen-bond donors (Lipinski definition) is 1. The van der Waals surface area contributed by atoms with Crippen molar-refractivity contribution in [3.05, 3.63) is 64.2 Å². The van der Waals surface area contributed by atoms with Gasteiger partial charge in [0.25, 0.3) is 5.91 Å². The van der Waals surface area contributed by atoms with E-state index in [4.69, 9.17) is 0 Å². The monoisotopic (exact) mass is 454 g/mol. The molecule has 1 fully saturated rings. The summed E-state index contributed by atoms with van der Waals surface area (Å²) in [5.74, 6) is -0.541. The maximum absolute atomic E-state index is 13.4. The summed E-state index contributed by atoms with van der Waals surface area (Å²) in [6.07, 6.45) is -3.21. The minimum atomic E-state index is -4.47. The fourth-order valence-corrected chi connectivity index (χ4v) is 6.25. The summed E-state index contributed by atoms with van der Waals surface area (Å²) in [4.78, 5) is 12.7. The molecule has 0 saturated carbocycles. The number of carbonyl (C=O) groups excluding carboxylic acids is 1. The Balaban J connectivity index is 1.73. The number of nitrogens with zero attached hydrogens (tertiary/aromatic N) is 1. The number of benzene rings is 2. The number of amides is 1. The van der Waals surface area contributed by atoms with Gasteiger partial charge in [0.2, 0.25) is 10.0 Å². The Bertz CT molecular complexity index is 1060. The van der Waals surface area contributed by atoms with Crippen LogP contribution in [-0.4, -0.2) is 37.8 Å². The van der Waals surface area contributed by atoms with E-state index in [-0.39, 0.29) is 12.1 Å². The normalized spacial score (nSPS) is 17.7. The van der Waals surface area contributed by atoms with E-state index in [1.165, 1.54) is 4.31 Å². The van der Waals surface area contributed by atoms with E-state index >= 15 is 0 Å². The zero-order chi connectivity index (χ0) is 23.0. The average Bonchev–Trinajstić information content (AvgIpc) is 3.14. The molecule has 0 aliphatic carbocycles. The minimum Gasteiger partial charge on any atom is -0.350 e. The highest BCUT2D eigenvalue weighted by Crippen LogP contribution is 2.31. The highest BCUT2D eigenvalue weighted by molar-refractivity contribution is 7.89. The molecule has 1 heterocycles. The smallest absolute Gasteiger partial charge is 0.350 e. The molecule has 1 aliphatic heterocycles. The van der Waals surface area contributed by atoms with Crippen molar-refractivity contribution in [1.29, 1.82) is 0 Å². The van der Waals surface area contributed by atoms with Crippen molar-refractivity contribution in [2.24, 2.45) is 0 Å². The summed E-state index contributed by atoms with van der Waals surface area (Å²) in [6.45, 7) is 5.89. The van der Waals surface area contributed by atoms with Gasteiger partial charge in [-0.3, -0.25) is 4.79 Å². The molecule has 1 saturated heterocycles. The van der Waals surface area contributed by atoms with E-state index in [2.05, 4.69) is 5.32 Å². The predicted molar refractivity (Wildman–Crippen MR) is 111 cm³/mol. The first kappa shape index (κ1) is 23.3. The van der Waals surface area contributed by atoms with Crippen molar-refractivity contribution < 1.29 is 26.4 Å². The van der Waals surface area contributed by atoms with Crippen LogP contribution in [0.25, 0.3) is 0 Å². The van der Waals surface area contributed by atoms with Gasteiger partial charge in [-0.2, -0.15) is 17.5 Å². The second-order valence-electron chi connectivity index (χ2n) is 7.92. The van der Waals surface area contributed by atoms with Crippen LogP contribution in [0.1, 0.15) is 45.5 Å². The van der Waals surface area contributed by atoms with Crippen LogP contribution >= 0.6 is 0 Å². The minimum absolute atomic E-state index is 0.0864. The summed E-state index contributed by atoms with van der Waals surface area (Å²) in [6, 6.07) is 7.17. The molecule has 1 aliphatic rings. The summed E-state index contributed by atoms with van der Waals surface area (Å²) in [5, 5.41) is 2.66. The Kier molecular flexibility index (Phi) is 6.48. The van der Waals surface area contributed by atoms with E-state index < -0.39 is 33.7 Å². The van der Waals surface area contributed by atoms with E-state index in [0.717, 1.165) is 29.8 Å². The van der Waals surface area contributed by atoms with Gasteiger partial charge in [0.05, 0.1) is 10.5 Å². The van der Waals surface area contributed by atoms with Crippen molar-refractivity contribution in [1.82, 2.24) is 9.62 Å². The quantitative estimate of drug-likeness (QED) is 0.736. The molecule has 0 unspecified atom stereocenters. The Morgan fingerprint density at radius 3 is 2.23 bits per heavy atom. The third kappa shape index (κ3) is 4.93. The Hall–Kier alpha value is -2.39. The molecular weight excluding hydrogens is 429 g/mol. The number of halogens is 3. The molecule has 2 aromatic carbocycles. The molecule has 0 aromatic heterocycles. The second kappa shape index (κ2) is 8.63. The lowest BCUT2D eigenvalue weighted by Crippen LogP contribution is -2.43. The van der Waals surface area contributed by atoms with Crippen LogP contribution in [0.15, 0.2) is 41.3 Å². The molecule has 168 valence electrons. The van der Waals surface area contributed by atoms with Gasteiger partial charge < -0.3 is 5.32 Å². The molecule has 3 rings (SSSR count). The van der Waals surface area contributed by atoms with Gasteiger partial charge in [-0.15, -0.1) is 0 Å². The van der Waals surface area contributed by atoms with Crippen molar-refractivity contribution in [2.45, 2.75) is 50.7 Å². The number of hydrogen-bond acceptors (Lipinski definition) is 3. The molecule has 1 amide bonds. The molecule has 31 heavy (non-hydrogen) atoms. The lowest BCUT2D eigenvalue weighted by atomic mass is 10.1. The van der Waals surface area contributed by atoms with E-state index in [9.17, 15) is 26.4 Å². The van der Waals surface area contributed by atoms with Crippen LogP contribution in [0.2, 0.25) is 0 Å². The SMILES string of the molecule is Cc1cc(C)c(S(=O)(=O)N2CCC[C@@H]2CNC(=O)c2ccc(C(F)(F)F)cc2)c(C)c1. The van der Waals surface area contributed by atoms with Crippen LogP contribution in [-0.2, 0) is 16.2 Å². The summed E-state index contributed by atoms with van der Waals surface area (Å²) in [7, 11) is -3.74. The first-order valence-electron chi connectivity index (χ1n) is 9.96. The summed E-state index contributed by atoms with van der Waals surface area (Å²) < 4.78 is 66.2. The van der Waals surface area contributed by atoms with Gasteiger partial charge in [0.1, 0.15) is 0 Å². The van der Waals surface area contributed by atoms with Gasteiger partial charge in [0.15, 0.2) is 0 Å². The fraction of sp³-hybridized carbons (Fsp3) is 0.409. The number of aryl methyl sites for hydroxylation is 3. The molecule has 2 aromatic rings. The van der Waals surface area contributed by atoms with Crippen LogP contribution in [0, 0.1) is 20.8 Å². The molecule has 5 nitrogen and oxygen atoms in total. The van der Waals surface area contributed by atoms with Crippen molar-refractivity contribution in [3.8, 4) is 0 Å². The first-order chi connectivity index (χ1) is 14.4. The third-order valence-corrected chi connectivity index (χ3v) is 7.73. The van der Waals surface area contributed by atoms with Crippen LogP contribution < -0.4 is 5.32 Å². The van der Waals surface area contributed by atoms with Gasteiger partial charge in [-0.25, -0.2) is 8.42 Å². The van der Waals surface area contributed by atoms with Crippen molar-refractivity contribution in [2.75, 3.05) is 13.1 Å². The summed E-state index contributed by atoms with van der Waals surface area (Å²) in [5.41, 5.74) is 1.59. The zero-order valence-electron chi connectivity index (χ0n) is 17.6. The predicted octanol–water partition coefficient (Wildman–Crippen LogP) is 4.21. The van der Waals surface area contributed by atoms with Crippen LogP contribution in [0.3, 0.4) is 0 Å². The van der Waals surface area contributed by atoms with Crippen LogP contribution in [0.4, 0.5) is 13.2 Å². The van der Waals surface area contributed by atoms with E-state index in [1.807, 2.05) is 19.1 Å². The molecular formula is C22H25F3N2O3S. The fourth-order valence-electron chi connectivity index (χ4n) is 4.14. The van der Waals surface area contributed by atoms with Gasteiger partial charge in [-0.1, -0.05) is 17.7 Å². The number of rotatable bonds is 5. The number of sulfonamides is 1. The third-order valence-electron chi connectivity index (χ3n) is 5.47. The maximum Gasteiger partial charge on any atom is 0.416 e. The molecule has 0 bridgehead atoms. The first-order valence-corrected chi connectivity index (χ1v) is 11.4. The van der Waals surface area contributed by atoms with E-state index in [0.29, 0.717) is 35.4 Å². The standard InChI is InChI=1S/C22H25F3N2O3S/c1-14-11-15(2)20(16(3)12-14)31(29,30)27-10-4-5-19(27)13-26-21(28)17-6-8-18(9-7-17)22(23,24)25/h6-9,11-12,19H,4-5,10,13H2,1-3H3,(H,26,28)/t19-/m1/s1. The Morgan fingerprint density at radius 1 is 1.10 bits per heavy atom. The topological polar surface area (TPSA) is 66.5 Å². The Labute approximate surface area is 180 Å². The summed E-state index contributed by atoms with van der Waals surface area (Å²) >= 11 is 0. The van der Waals surface area contributed by atoms with Gasteiger partial charge >= 0.3 is 6.18 Å². The number of alkyl halides is 3. The van der Waals surface area contributed by atoms with Gasteiger partial charge in [-0.05, 0) is 69.0 Å². The molecule has 0 spiro atoms. The molecule has 1 atom stereocenters.